The molecule has 0 aliphatic heterocycles. The van der Waals surface area contributed by atoms with Crippen LogP contribution in [-0.4, -0.2) is 4.98 Å². The van der Waals surface area contributed by atoms with Crippen LogP contribution in [0.25, 0.3) is 99.0 Å². The summed E-state index contributed by atoms with van der Waals surface area (Å²) in [5.74, 6) is 0. The van der Waals surface area contributed by atoms with Crippen LogP contribution in [0.2, 0.25) is 0 Å². The molecule has 0 amide bonds. The van der Waals surface area contributed by atoms with E-state index in [1.165, 1.54) is 49.0 Å². The van der Waals surface area contributed by atoms with Crippen molar-refractivity contribution >= 4 is 54.3 Å². The second-order valence-electron chi connectivity index (χ2n) is 13.1. The van der Waals surface area contributed by atoms with E-state index in [9.17, 15) is 0 Å². The quantitative estimate of drug-likeness (QED) is 0.180. The highest BCUT2D eigenvalue weighted by Gasteiger charge is 2.20. The molecule has 2 nitrogen and oxygen atoms in total. The fourth-order valence-electron chi connectivity index (χ4n) is 7.83. The minimum atomic E-state index is 0.832. The standard InChI is InChI=1S/C48H31NO/c1-30-45-42-23-9-10-24-44(42)50-48(45)47(31-13-3-2-4-14-31)49-46(30)36-18-12-17-34(28-36)32-15-11-16-33(27-32)35-25-26-41-39-21-6-5-19-37(39)38-20-7-8-22-40(38)43(41)29-35/h2-29H,1H3. The van der Waals surface area contributed by atoms with Gasteiger partial charge in [-0.2, -0.15) is 0 Å². The minimum absolute atomic E-state index is 0.832. The van der Waals surface area contributed by atoms with E-state index in [1.54, 1.807) is 0 Å². The monoisotopic (exact) mass is 637 g/mol. The fraction of sp³-hybridized carbons (Fsp3) is 0.0208. The van der Waals surface area contributed by atoms with Gasteiger partial charge in [0, 0.05) is 21.9 Å². The Morgan fingerprint density at radius 2 is 0.840 bits per heavy atom. The second kappa shape index (κ2) is 11.3. The highest BCUT2D eigenvalue weighted by Crippen LogP contribution is 2.42. The van der Waals surface area contributed by atoms with Crippen molar-refractivity contribution in [3.8, 4) is 44.8 Å². The number of aryl methyl sites for hydroxylation is 1. The van der Waals surface area contributed by atoms with Gasteiger partial charge in [-0.1, -0.05) is 146 Å². The van der Waals surface area contributed by atoms with Gasteiger partial charge >= 0.3 is 0 Å². The van der Waals surface area contributed by atoms with Gasteiger partial charge in [-0.3, -0.25) is 0 Å². The minimum Gasteiger partial charge on any atom is -0.454 e. The molecule has 0 atom stereocenters. The number of para-hydroxylation sites is 1. The maximum absolute atomic E-state index is 6.47. The summed E-state index contributed by atoms with van der Waals surface area (Å²) in [4.78, 5) is 5.32. The summed E-state index contributed by atoms with van der Waals surface area (Å²) >= 11 is 0. The Bertz CT molecular complexity index is 2900. The first kappa shape index (κ1) is 28.5. The number of nitrogens with zero attached hydrogens (tertiary/aromatic N) is 1. The van der Waals surface area contributed by atoms with Crippen LogP contribution in [0.3, 0.4) is 0 Å². The maximum Gasteiger partial charge on any atom is 0.161 e. The van der Waals surface area contributed by atoms with E-state index in [0.717, 1.165) is 55.6 Å². The molecule has 0 saturated heterocycles. The van der Waals surface area contributed by atoms with Gasteiger partial charge in [0.05, 0.1) is 5.69 Å². The number of pyridine rings is 1. The summed E-state index contributed by atoms with van der Waals surface area (Å²) in [6.45, 7) is 2.17. The number of aromatic nitrogens is 1. The molecule has 0 N–H and O–H groups in total. The average molecular weight is 638 g/mol. The van der Waals surface area contributed by atoms with Crippen LogP contribution < -0.4 is 0 Å². The zero-order valence-corrected chi connectivity index (χ0v) is 27.5. The van der Waals surface area contributed by atoms with Crippen LogP contribution in [0.4, 0.5) is 0 Å². The molecular weight excluding hydrogens is 607 g/mol. The molecule has 0 aliphatic carbocycles. The Morgan fingerprint density at radius 1 is 0.360 bits per heavy atom. The molecule has 0 spiro atoms. The molecular formula is C48H31NO. The van der Waals surface area contributed by atoms with Gasteiger partial charge in [0.25, 0.3) is 0 Å². The van der Waals surface area contributed by atoms with Gasteiger partial charge in [0.1, 0.15) is 11.3 Å². The van der Waals surface area contributed by atoms with E-state index in [1.807, 2.05) is 18.2 Å². The van der Waals surface area contributed by atoms with Crippen molar-refractivity contribution in [1.82, 2.24) is 4.98 Å². The van der Waals surface area contributed by atoms with Crippen molar-refractivity contribution in [2.24, 2.45) is 0 Å². The van der Waals surface area contributed by atoms with Gasteiger partial charge in [-0.15, -0.1) is 0 Å². The third-order valence-electron chi connectivity index (χ3n) is 10.2. The van der Waals surface area contributed by atoms with Gasteiger partial charge in [0.2, 0.25) is 0 Å². The Kier molecular flexibility index (Phi) is 6.43. The number of furan rings is 1. The molecule has 2 heterocycles. The van der Waals surface area contributed by atoms with Gasteiger partial charge in [-0.05, 0) is 91.3 Å². The molecule has 50 heavy (non-hydrogen) atoms. The van der Waals surface area contributed by atoms with Crippen molar-refractivity contribution in [3.63, 3.8) is 0 Å². The summed E-state index contributed by atoms with van der Waals surface area (Å²) in [5, 5.41) is 9.96. The molecule has 10 rings (SSSR count). The first-order valence-electron chi connectivity index (χ1n) is 17.1. The molecule has 10 aromatic rings. The summed E-state index contributed by atoms with van der Waals surface area (Å²) in [6, 6.07) is 60.8. The van der Waals surface area contributed by atoms with Crippen LogP contribution in [0.1, 0.15) is 5.56 Å². The molecule has 0 aliphatic rings. The normalized spacial score (nSPS) is 11.7. The Morgan fingerprint density at radius 3 is 1.50 bits per heavy atom. The van der Waals surface area contributed by atoms with Crippen LogP contribution >= 0.6 is 0 Å². The largest absolute Gasteiger partial charge is 0.454 e. The van der Waals surface area contributed by atoms with E-state index in [2.05, 4.69) is 159 Å². The molecule has 0 saturated carbocycles. The van der Waals surface area contributed by atoms with Crippen molar-refractivity contribution in [2.75, 3.05) is 0 Å². The predicted molar refractivity (Wildman–Crippen MR) is 211 cm³/mol. The van der Waals surface area contributed by atoms with Crippen molar-refractivity contribution in [1.29, 1.82) is 0 Å². The molecule has 0 unspecified atom stereocenters. The van der Waals surface area contributed by atoms with E-state index in [-0.39, 0.29) is 0 Å². The molecule has 0 radical (unpaired) electrons. The van der Waals surface area contributed by atoms with Gasteiger partial charge in [0.15, 0.2) is 5.58 Å². The Hall–Kier alpha value is -6.51. The third-order valence-corrected chi connectivity index (χ3v) is 10.2. The lowest BCUT2D eigenvalue weighted by molar-refractivity contribution is 0.668. The molecule has 8 aromatic carbocycles. The lowest BCUT2D eigenvalue weighted by atomic mass is 9.91. The molecule has 2 aromatic heterocycles. The fourth-order valence-corrected chi connectivity index (χ4v) is 7.83. The van der Waals surface area contributed by atoms with E-state index < -0.39 is 0 Å². The zero-order chi connectivity index (χ0) is 33.2. The summed E-state index contributed by atoms with van der Waals surface area (Å²) in [5.41, 5.74) is 11.5. The first-order chi connectivity index (χ1) is 24.7. The van der Waals surface area contributed by atoms with Gasteiger partial charge < -0.3 is 4.42 Å². The van der Waals surface area contributed by atoms with Crippen LogP contribution in [0.15, 0.2) is 174 Å². The SMILES string of the molecule is Cc1c(-c2cccc(-c3cccc(-c4ccc5c6ccccc6c6ccccc6c5c4)c3)c2)nc(-c2ccccc2)c2oc3ccccc3c12. The Balaban J connectivity index is 1.11. The van der Waals surface area contributed by atoms with Crippen molar-refractivity contribution in [3.05, 3.63) is 175 Å². The second-order valence-corrected chi connectivity index (χ2v) is 13.1. The number of benzene rings is 8. The predicted octanol–water partition coefficient (Wildman–Crippen LogP) is 13.4. The molecule has 234 valence electrons. The summed E-state index contributed by atoms with van der Waals surface area (Å²) < 4.78 is 6.47. The van der Waals surface area contributed by atoms with E-state index in [0.29, 0.717) is 0 Å². The van der Waals surface area contributed by atoms with E-state index in [4.69, 9.17) is 9.40 Å². The van der Waals surface area contributed by atoms with Crippen LogP contribution in [0, 0.1) is 6.92 Å². The van der Waals surface area contributed by atoms with Crippen molar-refractivity contribution in [2.45, 2.75) is 6.92 Å². The summed E-state index contributed by atoms with van der Waals surface area (Å²) in [6.07, 6.45) is 0. The van der Waals surface area contributed by atoms with Gasteiger partial charge in [-0.25, -0.2) is 4.98 Å². The smallest absolute Gasteiger partial charge is 0.161 e. The van der Waals surface area contributed by atoms with E-state index >= 15 is 0 Å². The summed E-state index contributed by atoms with van der Waals surface area (Å²) in [7, 11) is 0. The maximum atomic E-state index is 6.47. The first-order valence-corrected chi connectivity index (χ1v) is 17.1. The number of rotatable bonds is 4. The van der Waals surface area contributed by atoms with Crippen LogP contribution in [-0.2, 0) is 0 Å². The topological polar surface area (TPSA) is 26.0 Å². The highest BCUT2D eigenvalue weighted by molar-refractivity contribution is 6.25. The lowest BCUT2D eigenvalue weighted by Crippen LogP contribution is -1.94. The zero-order valence-electron chi connectivity index (χ0n) is 27.5. The third kappa shape index (κ3) is 4.46. The number of hydrogen-bond donors (Lipinski definition) is 0. The Labute approximate surface area is 289 Å². The average Bonchev–Trinajstić information content (AvgIpc) is 3.59. The number of hydrogen-bond acceptors (Lipinski definition) is 2. The van der Waals surface area contributed by atoms with Crippen LogP contribution in [0.5, 0.6) is 0 Å². The molecule has 0 bridgehead atoms. The lowest BCUT2D eigenvalue weighted by Gasteiger charge is -2.13. The number of fused-ring (bicyclic) bond motifs is 9. The highest BCUT2D eigenvalue weighted by atomic mass is 16.3. The van der Waals surface area contributed by atoms with Crippen molar-refractivity contribution < 1.29 is 4.42 Å². The molecule has 2 heteroatoms. The molecule has 0 fully saturated rings.